The average Bonchev–Trinajstić information content (AvgIpc) is 3.22. The third-order valence-corrected chi connectivity index (χ3v) is 4.92. The topological polar surface area (TPSA) is 51.0 Å². The lowest BCUT2D eigenvalue weighted by atomic mass is 10.1. The van der Waals surface area contributed by atoms with E-state index in [1.54, 1.807) is 30.2 Å². The van der Waals surface area contributed by atoms with Gasteiger partial charge in [0.1, 0.15) is 17.2 Å². The number of imidazole rings is 1. The Morgan fingerprint density at radius 3 is 2.92 bits per heavy atom. The van der Waals surface area contributed by atoms with Gasteiger partial charge in [-0.15, -0.1) is 0 Å². The molecule has 0 saturated carbocycles. The van der Waals surface area contributed by atoms with Crippen molar-refractivity contribution in [2.75, 3.05) is 13.1 Å². The molecule has 2 aromatic heterocycles. The molecule has 4 rings (SSSR count). The van der Waals surface area contributed by atoms with E-state index >= 15 is 0 Å². The summed E-state index contributed by atoms with van der Waals surface area (Å²) in [5.41, 5.74) is 2.66. The van der Waals surface area contributed by atoms with Crippen LogP contribution in [0.3, 0.4) is 0 Å². The van der Waals surface area contributed by atoms with Crippen LogP contribution in [0.1, 0.15) is 34.1 Å². The fourth-order valence-corrected chi connectivity index (χ4v) is 3.47. The summed E-state index contributed by atoms with van der Waals surface area (Å²) >= 11 is 0. The minimum atomic E-state index is -0.344. The van der Waals surface area contributed by atoms with Crippen molar-refractivity contribution in [3.8, 4) is 0 Å². The summed E-state index contributed by atoms with van der Waals surface area (Å²) in [5.74, 6) is 0.638. The van der Waals surface area contributed by atoms with Gasteiger partial charge in [-0.25, -0.2) is 14.4 Å². The Bertz CT molecular complexity index is 965. The van der Waals surface area contributed by atoms with Crippen molar-refractivity contribution < 1.29 is 9.18 Å². The van der Waals surface area contributed by atoms with Crippen molar-refractivity contribution in [3.63, 3.8) is 0 Å². The van der Waals surface area contributed by atoms with Crippen molar-refractivity contribution in [3.05, 3.63) is 59.3 Å². The molecule has 1 aromatic carbocycles. The van der Waals surface area contributed by atoms with E-state index in [1.165, 1.54) is 6.07 Å². The standard InChI is InChI=1S/C19H19FN4O/c1-12-5-6-13(10-15(12)20)19(25)24-9-7-14(11-24)17-22-16-4-3-8-21-18(16)23(17)2/h3-6,8,10,14H,7,9,11H2,1-2H3/t14-/m1/s1. The molecule has 128 valence electrons. The normalized spacial score (nSPS) is 17.4. The molecular formula is C19H19FN4O. The van der Waals surface area contributed by atoms with Crippen LogP contribution in [0, 0.1) is 12.7 Å². The van der Waals surface area contributed by atoms with Gasteiger partial charge in [0, 0.05) is 37.8 Å². The summed E-state index contributed by atoms with van der Waals surface area (Å²) in [4.78, 5) is 23.5. The van der Waals surface area contributed by atoms with Gasteiger partial charge in [0.15, 0.2) is 5.65 Å². The molecule has 1 aliphatic rings. The van der Waals surface area contributed by atoms with Gasteiger partial charge in [-0.2, -0.15) is 0 Å². The van der Waals surface area contributed by atoms with E-state index in [2.05, 4.69) is 9.97 Å². The first-order chi connectivity index (χ1) is 12.0. The number of aryl methyl sites for hydroxylation is 2. The molecule has 1 fully saturated rings. The van der Waals surface area contributed by atoms with E-state index in [0.29, 0.717) is 24.2 Å². The summed E-state index contributed by atoms with van der Waals surface area (Å²) in [5, 5.41) is 0. The smallest absolute Gasteiger partial charge is 0.253 e. The molecule has 3 heterocycles. The van der Waals surface area contributed by atoms with E-state index in [1.807, 2.05) is 23.7 Å². The number of benzene rings is 1. The van der Waals surface area contributed by atoms with Crippen molar-refractivity contribution in [2.24, 2.45) is 7.05 Å². The number of nitrogens with zero attached hydrogens (tertiary/aromatic N) is 4. The summed E-state index contributed by atoms with van der Waals surface area (Å²) in [7, 11) is 1.96. The third kappa shape index (κ3) is 2.67. The minimum absolute atomic E-state index is 0.127. The Labute approximate surface area is 145 Å². The highest BCUT2D eigenvalue weighted by Crippen LogP contribution is 2.29. The molecule has 0 spiro atoms. The second-order valence-corrected chi connectivity index (χ2v) is 6.58. The highest BCUT2D eigenvalue weighted by Gasteiger charge is 2.31. The zero-order chi connectivity index (χ0) is 17.6. The first kappa shape index (κ1) is 15.7. The number of carbonyl (C=O) groups is 1. The number of fused-ring (bicyclic) bond motifs is 1. The Hall–Kier alpha value is -2.76. The molecule has 25 heavy (non-hydrogen) atoms. The lowest BCUT2D eigenvalue weighted by molar-refractivity contribution is 0.0790. The van der Waals surface area contributed by atoms with Gasteiger partial charge in [-0.1, -0.05) is 6.07 Å². The molecule has 0 aliphatic carbocycles. The SMILES string of the molecule is Cc1ccc(C(=O)N2CC[C@@H](c3nc4cccnc4n3C)C2)cc1F. The molecule has 1 saturated heterocycles. The first-order valence-electron chi connectivity index (χ1n) is 8.37. The van der Waals surface area contributed by atoms with Gasteiger partial charge < -0.3 is 9.47 Å². The van der Waals surface area contributed by atoms with Crippen LogP contribution in [-0.2, 0) is 7.05 Å². The Morgan fingerprint density at radius 1 is 1.32 bits per heavy atom. The number of aromatic nitrogens is 3. The lowest BCUT2D eigenvalue weighted by Crippen LogP contribution is -2.28. The van der Waals surface area contributed by atoms with Crippen LogP contribution >= 0.6 is 0 Å². The molecule has 6 heteroatoms. The van der Waals surface area contributed by atoms with Gasteiger partial charge in [0.2, 0.25) is 0 Å². The number of pyridine rings is 1. The lowest BCUT2D eigenvalue weighted by Gasteiger charge is -2.17. The number of amides is 1. The first-order valence-corrected chi connectivity index (χ1v) is 8.37. The summed E-state index contributed by atoms with van der Waals surface area (Å²) < 4.78 is 15.7. The van der Waals surface area contributed by atoms with E-state index in [9.17, 15) is 9.18 Å². The predicted octanol–water partition coefficient (Wildman–Crippen LogP) is 3.05. The molecule has 0 unspecified atom stereocenters. The van der Waals surface area contributed by atoms with Gasteiger partial charge in [-0.3, -0.25) is 4.79 Å². The molecule has 0 bridgehead atoms. The summed E-state index contributed by atoms with van der Waals surface area (Å²) in [6.45, 7) is 2.93. The van der Waals surface area contributed by atoms with Gasteiger partial charge in [-0.05, 0) is 43.2 Å². The molecule has 0 radical (unpaired) electrons. The average molecular weight is 338 g/mol. The van der Waals surface area contributed by atoms with E-state index < -0.39 is 0 Å². The summed E-state index contributed by atoms with van der Waals surface area (Å²) in [6.07, 6.45) is 2.60. The van der Waals surface area contributed by atoms with E-state index in [-0.39, 0.29) is 17.6 Å². The number of hydrogen-bond acceptors (Lipinski definition) is 3. The second kappa shape index (κ2) is 5.95. The van der Waals surface area contributed by atoms with Crippen molar-refractivity contribution in [2.45, 2.75) is 19.3 Å². The van der Waals surface area contributed by atoms with Crippen LogP contribution in [0.5, 0.6) is 0 Å². The molecule has 3 aromatic rings. The van der Waals surface area contributed by atoms with Gasteiger partial charge in [0.05, 0.1) is 0 Å². The molecule has 1 aliphatic heterocycles. The molecule has 0 N–H and O–H groups in total. The van der Waals surface area contributed by atoms with Gasteiger partial charge in [0.25, 0.3) is 5.91 Å². The number of hydrogen-bond donors (Lipinski definition) is 0. The second-order valence-electron chi connectivity index (χ2n) is 6.58. The number of likely N-dealkylation sites (tertiary alicyclic amines) is 1. The third-order valence-electron chi connectivity index (χ3n) is 4.92. The van der Waals surface area contributed by atoms with Crippen LogP contribution in [-0.4, -0.2) is 38.4 Å². The van der Waals surface area contributed by atoms with Crippen LogP contribution in [0.25, 0.3) is 11.2 Å². The van der Waals surface area contributed by atoms with E-state index in [0.717, 1.165) is 23.4 Å². The maximum absolute atomic E-state index is 13.7. The Balaban J connectivity index is 1.57. The minimum Gasteiger partial charge on any atom is -0.338 e. The van der Waals surface area contributed by atoms with Crippen LogP contribution in [0.2, 0.25) is 0 Å². The maximum atomic E-state index is 13.7. The highest BCUT2D eigenvalue weighted by atomic mass is 19.1. The zero-order valence-corrected chi connectivity index (χ0v) is 14.2. The quantitative estimate of drug-likeness (QED) is 0.722. The van der Waals surface area contributed by atoms with E-state index in [4.69, 9.17) is 0 Å². The van der Waals surface area contributed by atoms with Crippen LogP contribution < -0.4 is 0 Å². The zero-order valence-electron chi connectivity index (χ0n) is 14.2. The monoisotopic (exact) mass is 338 g/mol. The number of carbonyl (C=O) groups excluding carboxylic acids is 1. The summed E-state index contributed by atoms with van der Waals surface area (Å²) in [6, 6.07) is 8.47. The van der Waals surface area contributed by atoms with Crippen molar-refractivity contribution in [1.29, 1.82) is 0 Å². The number of halogens is 1. The van der Waals surface area contributed by atoms with Crippen LogP contribution in [0.4, 0.5) is 4.39 Å². The fourth-order valence-electron chi connectivity index (χ4n) is 3.47. The van der Waals surface area contributed by atoms with Crippen LogP contribution in [0.15, 0.2) is 36.5 Å². The Morgan fingerprint density at radius 2 is 2.16 bits per heavy atom. The fraction of sp³-hybridized carbons (Fsp3) is 0.316. The molecule has 1 amide bonds. The largest absolute Gasteiger partial charge is 0.338 e. The predicted molar refractivity (Wildman–Crippen MR) is 92.9 cm³/mol. The maximum Gasteiger partial charge on any atom is 0.253 e. The molecule has 5 nitrogen and oxygen atoms in total. The molecule has 1 atom stereocenters. The van der Waals surface area contributed by atoms with Gasteiger partial charge >= 0.3 is 0 Å². The molecular weight excluding hydrogens is 319 g/mol. The number of rotatable bonds is 2. The van der Waals surface area contributed by atoms with Crippen molar-refractivity contribution in [1.82, 2.24) is 19.4 Å². The highest BCUT2D eigenvalue weighted by molar-refractivity contribution is 5.94. The van der Waals surface area contributed by atoms with Crippen molar-refractivity contribution >= 4 is 17.1 Å². The Kier molecular flexibility index (Phi) is 3.75.